The highest BCUT2D eigenvalue weighted by Crippen LogP contribution is 2.65. The second-order valence-electron chi connectivity index (χ2n) is 19.0. The summed E-state index contributed by atoms with van der Waals surface area (Å²) in [5.74, 6) is -0.276. The third-order valence-corrected chi connectivity index (χ3v) is 15.9. The van der Waals surface area contributed by atoms with Crippen LogP contribution in [0.25, 0.3) is 0 Å². The van der Waals surface area contributed by atoms with Crippen LogP contribution < -0.4 is 4.90 Å². The molecule has 0 spiro atoms. The quantitative estimate of drug-likeness (QED) is 0.181. The van der Waals surface area contributed by atoms with Crippen molar-refractivity contribution in [1.29, 1.82) is 0 Å². The maximum atomic E-state index is 15.2. The van der Waals surface area contributed by atoms with Crippen LogP contribution in [0.1, 0.15) is 85.5 Å². The van der Waals surface area contributed by atoms with Crippen LogP contribution in [0.3, 0.4) is 0 Å². The maximum absolute atomic E-state index is 15.2. The number of allylic oxidation sites excluding steroid dienone is 2. The van der Waals surface area contributed by atoms with Crippen LogP contribution in [0.2, 0.25) is 5.02 Å². The number of fused-ring (bicyclic) bond motifs is 8. The third-order valence-electron chi connectivity index (χ3n) is 15.5. The molecule has 60 heavy (non-hydrogen) atoms. The molecule has 6 fully saturated rings. The number of halogens is 1. The smallest absolute Gasteiger partial charge is 0.306 e. The summed E-state index contributed by atoms with van der Waals surface area (Å²) in [4.78, 5) is 33.9. The third kappa shape index (κ3) is 8.36. The van der Waals surface area contributed by atoms with Gasteiger partial charge in [-0.1, -0.05) is 43.7 Å². The molecule has 13 heteroatoms. The van der Waals surface area contributed by atoms with Crippen molar-refractivity contribution in [2.45, 2.75) is 165 Å². The Bertz CT molecular complexity index is 1710. The Balaban J connectivity index is 1.11. The standard InChI is InChI=1S/C47H69ClN2O10/c1-10-27-14-13-17-37(60-39-19-18-35(49(5)6)25(3)56-39)24(2)43(52)33-22-30-29-20-28(59-47-46(55-9)45(54-8)44(53-7)26(4)57-47)21-32(29)41-42(40(30)31(33)23-38(51)58-27)50(41)36-16-12-11-15-34(36)48/h11-12,15-16,22,24-32,35,37,39-42,44-47H,10,13-14,17-21,23H2,1-9H3/t24-,25-,26+,27+,28+,29+,30+,31-,32-,35+,37+,39+,40-,41+,42-,44+,45-,46-,47+,50?/m1/s1. The molecule has 4 heterocycles. The van der Waals surface area contributed by atoms with E-state index in [9.17, 15) is 4.79 Å². The average molecular weight is 858 g/mol. The van der Waals surface area contributed by atoms with Gasteiger partial charge in [-0.2, -0.15) is 0 Å². The zero-order valence-electron chi connectivity index (χ0n) is 37.1. The largest absolute Gasteiger partial charge is 0.462 e. The fourth-order valence-electron chi connectivity index (χ4n) is 12.6. The Morgan fingerprint density at radius 3 is 2.27 bits per heavy atom. The van der Waals surface area contributed by atoms with Crippen LogP contribution in [-0.4, -0.2) is 132 Å². The number of likely N-dealkylation sites (N-methyl/N-ethyl adjacent to an activating group) is 1. The predicted octanol–water partition coefficient (Wildman–Crippen LogP) is 6.84. The molecule has 8 rings (SSSR count). The first-order chi connectivity index (χ1) is 28.9. The molecule has 0 unspecified atom stereocenters. The van der Waals surface area contributed by atoms with Gasteiger partial charge in [-0.05, 0) is 121 Å². The number of methoxy groups -OCH3 is 3. The highest BCUT2D eigenvalue weighted by molar-refractivity contribution is 6.33. The summed E-state index contributed by atoms with van der Waals surface area (Å²) in [5, 5.41) is 0.701. The Hall–Kier alpha value is -2.13. The first kappa shape index (κ1) is 44.5. The molecule has 0 radical (unpaired) electrons. The number of hydrogen-bond acceptors (Lipinski definition) is 12. The van der Waals surface area contributed by atoms with E-state index in [2.05, 4.69) is 49.9 Å². The van der Waals surface area contributed by atoms with Crippen molar-refractivity contribution < 1.29 is 47.5 Å². The lowest BCUT2D eigenvalue weighted by Gasteiger charge is -2.44. The number of cyclic esters (lactones) is 1. The summed E-state index contributed by atoms with van der Waals surface area (Å²) in [5.41, 5.74) is 1.76. The van der Waals surface area contributed by atoms with E-state index < -0.39 is 18.3 Å². The molecule has 3 aliphatic carbocycles. The van der Waals surface area contributed by atoms with Crippen molar-refractivity contribution in [2.24, 2.45) is 35.5 Å². The second-order valence-corrected chi connectivity index (χ2v) is 19.4. The summed E-state index contributed by atoms with van der Waals surface area (Å²) in [6.07, 6.45) is 5.71. The van der Waals surface area contributed by atoms with Crippen LogP contribution >= 0.6 is 11.6 Å². The Morgan fingerprint density at radius 2 is 1.58 bits per heavy atom. The summed E-state index contributed by atoms with van der Waals surface area (Å²) in [6.45, 7) is 8.20. The van der Waals surface area contributed by atoms with Gasteiger partial charge in [0.15, 0.2) is 18.4 Å². The predicted molar refractivity (Wildman–Crippen MR) is 227 cm³/mol. The SMILES string of the molecule is CC[C@H]1CCC[C@H](O[C@H]2CC[C@H](N(C)C)[C@@H](C)O2)[C@@H](C)C(=O)C2=C[C@H]3[C@@H]4C[C@H](O[C@@H]5O[C@@H](C)[C@H](OC)[C@@H](OC)[C@H]5OC)C[C@H]4[C@H]4[C@@H]([C@H]3[C@@H]2CC(=O)O1)N4c1ccccc1Cl. The summed E-state index contributed by atoms with van der Waals surface area (Å²) >= 11 is 6.96. The molecule has 0 bridgehead atoms. The molecule has 0 N–H and O–H groups in total. The number of ether oxygens (including phenoxy) is 8. The van der Waals surface area contributed by atoms with Gasteiger partial charge < -0.3 is 47.7 Å². The molecule has 334 valence electrons. The van der Waals surface area contributed by atoms with E-state index in [1.165, 1.54) is 0 Å². The molecular weight excluding hydrogens is 788 g/mol. The van der Waals surface area contributed by atoms with E-state index in [0.29, 0.717) is 17.5 Å². The van der Waals surface area contributed by atoms with Crippen LogP contribution in [0, 0.1) is 35.5 Å². The summed E-state index contributed by atoms with van der Waals surface area (Å²) in [7, 11) is 9.17. The van der Waals surface area contributed by atoms with Crippen LogP contribution in [0.15, 0.2) is 35.9 Å². The molecule has 2 saturated carbocycles. The van der Waals surface area contributed by atoms with E-state index >= 15 is 4.79 Å². The Kier molecular flexibility index (Phi) is 13.7. The number of esters is 1. The topological polar surface area (TPSA) is 114 Å². The summed E-state index contributed by atoms with van der Waals surface area (Å²) < 4.78 is 50.5. The fourth-order valence-corrected chi connectivity index (χ4v) is 12.9. The normalized spacial score (nSPS) is 44.5. The molecule has 4 aliphatic heterocycles. The second kappa shape index (κ2) is 18.5. The molecule has 7 aliphatic rings. The molecule has 4 saturated heterocycles. The summed E-state index contributed by atoms with van der Waals surface area (Å²) in [6, 6.07) is 8.65. The van der Waals surface area contributed by atoms with Gasteiger partial charge in [0, 0.05) is 39.2 Å². The van der Waals surface area contributed by atoms with Crippen molar-refractivity contribution >= 4 is 29.0 Å². The average Bonchev–Trinajstić information content (AvgIpc) is 3.61. The number of carbonyl (C=O) groups excluding carboxylic acids is 2. The van der Waals surface area contributed by atoms with Gasteiger partial charge >= 0.3 is 5.97 Å². The van der Waals surface area contributed by atoms with E-state index in [4.69, 9.17) is 49.5 Å². The van der Waals surface area contributed by atoms with Crippen molar-refractivity contribution in [3.63, 3.8) is 0 Å². The maximum Gasteiger partial charge on any atom is 0.306 e. The van der Waals surface area contributed by atoms with Crippen molar-refractivity contribution in [3.05, 3.63) is 40.9 Å². The number of rotatable bonds is 10. The number of hydrogen-bond donors (Lipinski definition) is 0. The minimum Gasteiger partial charge on any atom is -0.462 e. The molecule has 1 aromatic carbocycles. The molecule has 19 atom stereocenters. The number of carbonyl (C=O) groups is 2. The monoisotopic (exact) mass is 856 g/mol. The number of Topliss-reactive ketones (excluding diaryl/α,β-unsaturated/α-hetero) is 1. The van der Waals surface area contributed by atoms with Crippen LogP contribution in [-0.2, 0) is 47.5 Å². The number of nitrogens with zero attached hydrogens (tertiary/aromatic N) is 2. The molecule has 0 aromatic heterocycles. The van der Waals surface area contributed by atoms with Gasteiger partial charge in [0.25, 0.3) is 0 Å². The van der Waals surface area contributed by atoms with Crippen molar-refractivity contribution in [1.82, 2.24) is 4.90 Å². The fraction of sp³-hybridized carbons (Fsp3) is 0.787. The molecule has 12 nitrogen and oxygen atoms in total. The molecule has 1 aromatic rings. The Labute approximate surface area is 362 Å². The number of anilines is 1. The highest BCUT2D eigenvalue weighted by atomic mass is 35.5. The highest BCUT2D eigenvalue weighted by Gasteiger charge is 2.69. The lowest BCUT2D eigenvalue weighted by molar-refractivity contribution is -0.314. The van der Waals surface area contributed by atoms with Gasteiger partial charge in [-0.25, -0.2) is 0 Å². The molecule has 0 amide bonds. The van der Waals surface area contributed by atoms with E-state index in [1.807, 2.05) is 32.0 Å². The zero-order chi connectivity index (χ0) is 42.6. The van der Waals surface area contributed by atoms with Gasteiger partial charge in [0.1, 0.15) is 24.4 Å². The lowest BCUT2D eigenvalue weighted by atomic mass is 9.66. The van der Waals surface area contributed by atoms with Gasteiger partial charge in [0.2, 0.25) is 0 Å². The van der Waals surface area contributed by atoms with Gasteiger partial charge in [-0.3, -0.25) is 9.59 Å². The minimum atomic E-state index is -0.639. The van der Waals surface area contributed by atoms with Crippen LogP contribution in [0.4, 0.5) is 5.69 Å². The van der Waals surface area contributed by atoms with Crippen LogP contribution in [0.5, 0.6) is 0 Å². The number of benzene rings is 1. The first-order valence-corrected chi connectivity index (χ1v) is 23.1. The van der Waals surface area contributed by atoms with Gasteiger partial charge in [0.05, 0.1) is 53.6 Å². The van der Waals surface area contributed by atoms with Crippen molar-refractivity contribution in [2.75, 3.05) is 40.3 Å². The molecular formula is C47H69ClN2O10. The zero-order valence-corrected chi connectivity index (χ0v) is 37.8. The first-order valence-electron chi connectivity index (χ1n) is 22.7. The van der Waals surface area contributed by atoms with E-state index in [1.54, 1.807) is 21.3 Å². The van der Waals surface area contributed by atoms with Gasteiger partial charge in [-0.15, -0.1) is 0 Å². The van der Waals surface area contributed by atoms with E-state index in [0.717, 1.165) is 56.2 Å². The minimum absolute atomic E-state index is 0.0155. The number of para-hydroxylation sites is 1. The lowest BCUT2D eigenvalue weighted by Crippen LogP contribution is -2.59. The van der Waals surface area contributed by atoms with E-state index in [-0.39, 0.29) is 109 Å². The Morgan fingerprint density at radius 1 is 0.850 bits per heavy atom. The van der Waals surface area contributed by atoms with Crippen molar-refractivity contribution in [3.8, 4) is 0 Å². The number of ketones is 1.